The molecule has 2 rings (SSSR count). The standard InChI is InChI=1S/C20H22Cl2F2N2O/c1-12(6-9-17(25-2)19(23)24)14(10-13-7-8-13)11-26-20(27)18-15(21)4-3-5-16(18)22/h3-6,9,13-14,19H,2,7-8,10-11H2,1H3,(H,26,27)/b12-6+,17-9-. The zero-order valence-corrected chi connectivity index (χ0v) is 16.5. The number of benzene rings is 1. The van der Waals surface area contributed by atoms with E-state index >= 15 is 0 Å². The predicted molar refractivity (Wildman–Crippen MR) is 107 cm³/mol. The molecule has 1 amide bonds. The molecule has 0 bridgehead atoms. The third-order valence-corrected chi connectivity index (χ3v) is 5.21. The maximum absolute atomic E-state index is 12.8. The lowest BCUT2D eigenvalue weighted by Gasteiger charge is -2.19. The van der Waals surface area contributed by atoms with Crippen molar-refractivity contribution in [1.29, 1.82) is 0 Å². The molecule has 1 aliphatic carbocycles. The fourth-order valence-corrected chi connectivity index (χ4v) is 3.32. The fraction of sp³-hybridized carbons (Fsp3) is 0.400. The SMILES string of the molecule is C=N/C(=C\C=C(/C)C(CNC(=O)c1c(Cl)cccc1Cl)CC1CC1)C(F)F. The Morgan fingerprint density at radius 2 is 1.96 bits per heavy atom. The van der Waals surface area contributed by atoms with E-state index in [2.05, 4.69) is 17.0 Å². The number of amides is 1. The average molecular weight is 415 g/mol. The largest absolute Gasteiger partial charge is 0.351 e. The van der Waals surface area contributed by atoms with E-state index in [4.69, 9.17) is 23.2 Å². The summed E-state index contributed by atoms with van der Waals surface area (Å²) in [6.07, 6.45) is 3.42. The van der Waals surface area contributed by atoms with Crippen LogP contribution in [0.25, 0.3) is 0 Å². The molecule has 0 heterocycles. The molecule has 0 aliphatic heterocycles. The van der Waals surface area contributed by atoms with Crippen molar-refractivity contribution in [2.45, 2.75) is 32.6 Å². The van der Waals surface area contributed by atoms with Gasteiger partial charge in [-0.1, -0.05) is 53.8 Å². The second-order valence-electron chi connectivity index (χ2n) is 6.64. The molecule has 1 atom stereocenters. The van der Waals surface area contributed by atoms with Crippen molar-refractivity contribution in [2.24, 2.45) is 16.8 Å². The molecule has 1 aromatic rings. The Morgan fingerprint density at radius 3 is 2.48 bits per heavy atom. The van der Waals surface area contributed by atoms with Gasteiger partial charge in [-0.15, -0.1) is 0 Å². The van der Waals surface area contributed by atoms with Crippen molar-refractivity contribution >= 4 is 35.8 Å². The Hall–Kier alpha value is -1.72. The highest BCUT2D eigenvalue weighted by Gasteiger charge is 2.27. The van der Waals surface area contributed by atoms with Crippen molar-refractivity contribution in [3.8, 4) is 0 Å². The molecule has 1 aliphatic rings. The van der Waals surface area contributed by atoms with Crippen LogP contribution in [0.15, 0.2) is 46.6 Å². The van der Waals surface area contributed by atoms with Gasteiger partial charge in [0.1, 0.15) is 5.70 Å². The number of rotatable bonds is 9. The van der Waals surface area contributed by atoms with Crippen LogP contribution in [-0.2, 0) is 0 Å². The van der Waals surface area contributed by atoms with Crippen molar-refractivity contribution < 1.29 is 13.6 Å². The lowest BCUT2D eigenvalue weighted by Crippen LogP contribution is -2.30. The minimum absolute atomic E-state index is 0.0303. The third kappa shape index (κ3) is 6.43. The zero-order valence-electron chi connectivity index (χ0n) is 15.0. The van der Waals surface area contributed by atoms with Gasteiger partial charge in [0.2, 0.25) is 0 Å². The van der Waals surface area contributed by atoms with Crippen LogP contribution in [0.3, 0.4) is 0 Å². The van der Waals surface area contributed by atoms with Gasteiger partial charge in [0.15, 0.2) is 0 Å². The molecule has 0 aromatic heterocycles. The zero-order chi connectivity index (χ0) is 20.0. The maximum Gasteiger partial charge on any atom is 0.280 e. The van der Waals surface area contributed by atoms with Crippen LogP contribution in [0.5, 0.6) is 0 Å². The minimum atomic E-state index is -2.67. The van der Waals surface area contributed by atoms with Crippen molar-refractivity contribution in [2.75, 3.05) is 6.54 Å². The van der Waals surface area contributed by atoms with Crippen molar-refractivity contribution in [3.63, 3.8) is 0 Å². The van der Waals surface area contributed by atoms with Crippen molar-refractivity contribution in [1.82, 2.24) is 5.32 Å². The monoisotopic (exact) mass is 414 g/mol. The molecular formula is C20H22Cl2F2N2O. The van der Waals surface area contributed by atoms with E-state index in [-0.39, 0.29) is 33.1 Å². The number of nitrogens with one attached hydrogen (secondary N) is 1. The Labute approximate surface area is 168 Å². The Kier molecular flexibility index (Phi) is 7.99. The molecule has 7 heteroatoms. The molecule has 1 N–H and O–H groups in total. The Morgan fingerprint density at radius 1 is 1.33 bits per heavy atom. The predicted octanol–water partition coefficient (Wildman–Crippen LogP) is 5.94. The summed E-state index contributed by atoms with van der Waals surface area (Å²) in [6.45, 7) is 5.40. The van der Waals surface area contributed by atoms with E-state index in [0.29, 0.717) is 12.5 Å². The number of carbonyl (C=O) groups is 1. The second-order valence-corrected chi connectivity index (χ2v) is 7.46. The summed E-state index contributed by atoms with van der Waals surface area (Å²) >= 11 is 12.1. The highest BCUT2D eigenvalue weighted by Crippen LogP contribution is 2.37. The number of carbonyl (C=O) groups excluding carboxylic acids is 1. The number of hydrogen-bond acceptors (Lipinski definition) is 2. The van der Waals surface area contributed by atoms with E-state index in [1.807, 2.05) is 6.92 Å². The molecular weight excluding hydrogens is 393 g/mol. The van der Waals surface area contributed by atoms with Gasteiger partial charge < -0.3 is 5.32 Å². The first-order valence-electron chi connectivity index (χ1n) is 8.69. The summed E-state index contributed by atoms with van der Waals surface area (Å²) in [7, 11) is 0. The fourth-order valence-electron chi connectivity index (χ4n) is 2.75. The van der Waals surface area contributed by atoms with Gasteiger partial charge in [-0.25, -0.2) is 8.78 Å². The van der Waals surface area contributed by atoms with E-state index in [9.17, 15) is 13.6 Å². The lowest BCUT2D eigenvalue weighted by molar-refractivity contribution is 0.0948. The van der Waals surface area contributed by atoms with Crippen LogP contribution >= 0.6 is 23.2 Å². The van der Waals surface area contributed by atoms with Gasteiger partial charge in [0.05, 0.1) is 15.6 Å². The normalized spacial score (nSPS) is 16.4. The van der Waals surface area contributed by atoms with Crippen LogP contribution in [0.1, 0.15) is 36.5 Å². The summed E-state index contributed by atoms with van der Waals surface area (Å²) in [5.74, 6) is 0.286. The number of allylic oxidation sites excluding steroid dienone is 3. The van der Waals surface area contributed by atoms with E-state index in [1.165, 1.54) is 6.08 Å². The molecule has 3 nitrogen and oxygen atoms in total. The molecule has 27 heavy (non-hydrogen) atoms. The third-order valence-electron chi connectivity index (χ3n) is 4.58. The second kappa shape index (κ2) is 10.00. The van der Waals surface area contributed by atoms with Crippen LogP contribution in [-0.4, -0.2) is 25.6 Å². The smallest absolute Gasteiger partial charge is 0.280 e. The first-order valence-corrected chi connectivity index (χ1v) is 9.44. The highest BCUT2D eigenvalue weighted by molar-refractivity contribution is 6.39. The number of aliphatic imine (C=N–C) groups is 1. The summed E-state index contributed by atoms with van der Waals surface area (Å²) in [4.78, 5) is 15.8. The van der Waals surface area contributed by atoms with Crippen LogP contribution in [0.4, 0.5) is 8.78 Å². The lowest BCUT2D eigenvalue weighted by atomic mass is 9.93. The summed E-state index contributed by atoms with van der Waals surface area (Å²) < 4.78 is 25.6. The van der Waals surface area contributed by atoms with Gasteiger partial charge in [-0.3, -0.25) is 9.79 Å². The van der Waals surface area contributed by atoms with Crippen molar-refractivity contribution in [3.05, 3.63) is 57.2 Å². The molecule has 146 valence electrons. The molecule has 1 fully saturated rings. The van der Waals surface area contributed by atoms with Crippen LogP contribution in [0.2, 0.25) is 10.0 Å². The first-order chi connectivity index (χ1) is 12.8. The molecule has 0 radical (unpaired) electrons. The number of halogens is 4. The molecule has 1 saturated carbocycles. The van der Waals surface area contributed by atoms with E-state index in [1.54, 1.807) is 24.3 Å². The van der Waals surface area contributed by atoms with Gasteiger partial charge in [0, 0.05) is 6.54 Å². The minimum Gasteiger partial charge on any atom is -0.351 e. The van der Waals surface area contributed by atoms with Gasteiger partial charge in [-0.05, 0) is 50.1 Å². The van der Waals surface area contributed by atoms with Crippen LogP contribution in [0, 0.1) is 11.8 Å². The maximum atomic E-state index is 12.8. The summed E-state index contributed by atoms with van der Waals surface area (Å²) in [6, 6.07) is 4.88. The molecule has 0 spiro atoms. The van der Waals surface area contributed by atoms with Crippen LogP contribution < -0.4 is 5.32 Å². The van der Waals surface area contributed by atoms with Gasteiger partial charge in [-0.2, -0.15) is 0 Å². The molecule has 1 aromatic carbocycles. The Bertz CT molecular complexity index is 738. The van der Waals surface area contributed by atoms with Gasteiger partial charge in [0.25, 0.3) is 12.3 Å². The van der Waals surface area contributed by atoms with E-state index < -0.39 is 6.43 Å². The molecule has 0 saturated heterocycles. The molecule has 1 unspecified atom stereocenters. The number of nitrogens with zero attached hydrogens (tertiary/aromatic N) is 1. The summed E-state index contributed by atoms with van der Waals surface area (Å²) in [5.41, 5.74) is 0.768. The number of alkyl halides is 2. The first kappa shape index (κ1) is 21.6. The van der Waals surface area contributed by atoms with Gasteiger partial charge >= 0.3 is 0 Å². The topological polar surface area (TPSA) is 41.5 Å². The quantitative estimate of drug-likeness (QED) is 0.394. The highest BCUT2D eigenvalue weighted by atomic mass is 35.5. The Balaban J connectivity index is 2.10. The average Bonchev–Trinajstić information content (AvgIpc) is 3.42. The summed E-state index contributed by atoms with van der Waals surface area (Å²) in [5, 5.41) is 3.44. The number of hydrogen-bond donors (Lipinski definition) is 1. The van der Waals surface area contributed by atoms with E-state index in [0.717, 1.165) is 24.8 Å².